The Morgan fingerprint density at radius 2 is 2.14 bits per heavy atom. The lowest BCUT2D eigenvalue weighted by atomic mass is 10.0. The zero-order valence-corrected chi connectivity index (χ0v) is 8.59. The molecule has 0 radical (unpaired) electrons. The average molecular weight is 191 g/mol. The Hall–Kier alpha value is -1.02. The van der Waals surface area contributed by atoms with Gasteiger partial charge in [-0.05, 0) is 36.5 Å². The molecular formula is C12H17NO. The second kappa shape index (κ2) is 3.28. The SMILES string of the molecule is CCc1cc(CC2(O)CC2)ccc1N. The second-order valence-electron chi connectivity index (χ2n) is 4.29. The van der Waals surface area contributed by atoms with Crippen LogP contribution >= 0.6 is 0 Å². The van der Waals surface area contributed by atoms with E-state index >= 15 is 0 Å². The van der Waals surface area contributed by atoms with E-state index in [1.807, 2.05) is 12.1 Å². The zero-order valence-electron chi connectivity index (χ0n) is 8.59. The van der Waals surface area contributed by atoms with Crippen molar-refractivity contribution >= 4 is 5.69 Å². The highest BCUT2D eigenvalue weighted by atomic mass is 16.3. The molecule has 1 aliphatic carbocycles. The summed E-state index contributed by atoms with van der Waals surface area (Å²) >= 11 is 0. The Labute approximate surface area is 84.7 Å². The fraction of sp³-hybridized carbons (Fsp3) is 0.500. The van der Waals surface area contributed by atoms with Crippen molar-refractivity contribution in [2.45, 2.75) is 38.2 Å². The van der Waals surface area contributed by atoms with Crippen molar-refractivity contribution in [3.63, 3.8) is 0 Å². The lowest BCUT2D eigenvalue weighted by Gasteiger charge is -2.10. The maximum atomic E-state index is 9.78. The number of anilines is 1. The molecule has 0 aliphatic heterocycles. The highest BCUT2D eigenvalue weighted by Crippen LogP contribution is 2.38. The fourth-order valence-electron chi connectivity index (χ4n) is 1.78. The third kappa shape index (κ3) is 1.90. The summed E-state index contributed by atoms with van der Waals surface area (Å²) in [6, 6.07) is 6.08. The van der Waals surface area contributed by atoms with Crippen LogP contribution in [0.1, 0.15) is 30.9 Å². The predicted octanol–water partition coefficient (Wildman–Crippen LogP) is 1.90. The van der Waals surface area contributed by atoms with Gasteiger partial charge < -0.3 is 10.8 Å². The maximum absolute atomic E-state index is 9.78. The van der Waals surface area contributed by atoms with Crippen molar-refractivity contribution in [1.29, 1.82) is 0 Å². The Morgan fingerprint density at radius 1 is 1.43 bits per heavy atom. The molecule has 1 aromatic rings. The van der Waals surface area contributed by atoms with Crippen molar-refractivity contribution in [1.82, 2.24) is 0 Å². The molecule has 0 atom stereocenters. The maximum Gasteiger partial charge on any atom is 0.0690 e. The number of hydrogen-bond acceptors (Lipinski definition) is 2. The highest BCUT2D eigenvalue weighted by molar-refractivity contribution is 5.48. The highest BCUT2D eigenvalue weighted by Gasteiger charge is 2.40. The molecule has 3 N–H and O–H groups in total. The molecule has 0 amide bonds. The molecule has 1 saturated carbocycles. The van der Waals surface area contributed by atoms with E-state index in [9.17, 15) is 5.11 Å². The normalized spacial score (nSPS) is 18.1. The molecule has 2 nitrogen and oxygen atoms in total. The van der Waals surface area contributed by atoms with E-state index in [2.05, 4.69) is 13.0 Å². The van der Waals surface area contributed by atoms with Gasteiger partial charge in [-0.15, -0.1) is 0 Å². The molecule has 2 heteroatoms. The van der Waals surface area contributed by atoms with Gasteiger partial charge in [-0.3, -0.25) is 0 Å². The third-order valence-electron chi connectivity index (χ3n) is 2.95. The number of nitrogens with two attached hydrogens (primary N) is 1. The van der Waals surface area contributed by atoms with Gasteiger partial charge in [0.1, 0.15) is 0 Å². The summed E-state index contributed by atoms with van der Waals surface area (Å²) in [5.74, 6) is 0. The molecule has 0 heterocycles. The van der Waals surface area contributed by atoms with Crippen molar-refractivity contribution < 1.29 is 5.11 Å². The molecule has 14 heavy (non-hydrogen) atoms. The largest absolute Gasteiger partial charge is 0.399 e. The van der Waals surface area contributed by atoms with Crippen LogP contribution in [0.4, 0.5) is 5.69 Å². The van der Waals surface area contributed by atoms with Crippen molar-refractivity contribution in [2.24, 2.45) is 0 Å². The van der Waals surface area contributed by atoms with Gasteiger partial charge in [0.05, 0.1) is 5.60 Å². The van der Waals surface area contributed by atoms with Gasteiger partial charge in [0, 0.05) is 12.1 Å². The lowest BCUT2D eigenvalue weighted by Crippen LogP contribution is -2.11. The van der Waals surface area contributed by atoms with E-state index in [1.54, 1.807) is 0 Å². The number of aryl methyl sites for hydroxylation is 1. The van der Waals surface area contributed by atoms with Gasteiger partial charge in [0.15, 0.2) is 0 Å². The van der Waals surface area contributed by atoms with E-state index in [1.165, 1.54) is 11.1 Å². The number of aliphatic hydroxyl groups is 1. The van der Waals surface area contributed by atoms with Gasteiger partial charge in [-0.2, -0.15) is 0 Å². The van der Waals surface area contributed by atoms with Crippen LogP contribution in [0.15, 0.2) is 18.2 Å². The second-order valence-corrected chi connectivity index (χ2v) is 4.29. The van der Waals surface area contributed by atoms with Gasteiger partial charge in [-0.25, -0.2) is 0 Å². The lowest BCUT2D eigenvalue weighted by molar-refractivity contribution is 0.151. The summed E-state index contributed by atoms with van der Waals surface area (Å²) < 4.78 is 0. The van der Waals surface area contributed by atoms with Crippen molar-refractivity contribution in [3.8, 4) is 0 Å². The summed E-state index contributed by atoms with van der Waals surface area (Å²) in [4.78, 5) is 0. The van der Waals surface area contributed by atoms with Crippen LogP contribution in [0.2, 0.25) is 0 Å². The fourth-order valence-corrected chi connectivity index (χ4v) is 1.78. The third-order valence-corrected chi connectivity index (χ3v) is 2.95. The first-order valence-electron chi connectivity index (χ1n) is 5.23. The van der Waals surface area contributed by atoms with Crippen LogP contribution < -0.4 is 5.73 Å². The predicted molar refractivity (Wildman–Crippen MR) is 58.1 cm³/mol. The van der Waals surface area contributed by atoms with E-state index in [0.29, 0.717) is 0 Å². The van der Waals surface area contributed by atoms with Gasteiger partial charge in [0.25, 0.3) is 0 Å². The Bertz CT molecular complexity index is 342. The van der Waals surface area contributed by atoms with Gasteiger partial charge >= 0.3 is 0 Å². The van der Waals surface area contributed by atoms with Crippen LogP contribution in [0.5, 0.6) is 0 Å². The molecule has 2 rings (SSSR count). The first-order valence-corrected chi connectivity index (χ1v) is 5.23. The van der Waals surface area contributed by atoms with E-state index in [4.69, 9.17) is 5.73 Å². The van der Waals surface area contributed by atoms with Gasteiger partial charge in [0.2, 0.25) is 0 Å². The summed E-state index contributed by atoms with van der Waals surface area (Å²) in [5.41, 5.74) is 8.67. The molecule has 0 aromatic heterocycles. The van der Waals surface area contributed by atoms with Crippen molar-refractivity contribution in [3.05, 3.63) is 29.3 Å². The number of hydrogen-bond donors (Lipinski definition) is 2. The molecule has 0 saturated heterocycles. The minimum Gasteiger partial charge on any atom is -0.399 e. The average Bonchev–Trinajstić information content (AvgIpc) is 2.87. The molecule has 1 aromatic carbocycles. The molecular weight excluding hydrogens is 174 g/mol. The topological polar surface area (TPSA) is 46.2 Å². The standard InChI is InChI=1S/C12H17NO/c1-2-10-7-9(3-4-11(10)13)8-12(14)5-6-12/h3-4,7,14H,2,5-6,8,13H2,1H3. The first-order chi connectivity index (χ1) is 6.63. The van der Waals surface area contributed by atoms with Crippen LogP contribution in [0, 0.1) is 0 Å². The molecule has 0 spiro atoms. The monoisotopic (exact) mass is 191 g/mol. The number of nitrogen functional groups attached to an aromatic ring is 1. The van der Waals surface area contributed by atoms with E-state index < -0.39 is 5.60 Å². The summed E-state index contributed by atoms with van der Waals surface area (Å²) in [7, 11) is 0. The summed E-state index contributed by atoms with van der Waals surface area (Å²) in [6.07, 6.45) is 3.62. The van der Waals surface area contributed by atoms with Crippen LogP contribution in [-0.4, -0.2) is 10.7 Å². The number of rotatable bonds is 3. The van der Waals surface area contributed by atoms with E-state index in [0.717, 1.165) is 31.4 Å². The molecule has 1 aliphatic rings. The molecule has 1 fully saturated rings. The summed E-state index contributed by atoms with van der Waals surface area (Å²) in [5, 5.41) is 9.78. The molecule has 76 valence electrons. The Balaban J connectivity index is 2.18. The van der Waals surface area contributed by atoms with Crippen LogP contribution in [0.3, 0.4) is 0 Å². The van der Waals surface area contributed by atoms with Crippen LogP contribution in [-0.2, 0) is 12.8 Å². The quantitative estimate of drug-likeness (QED) is 0.717. The Morgan fingerprint density at radius 3 is 2.71 bits per heavy atom. The first kappa shape index (κ1) is 9.53. The molecule has 0 bridgehead atoms. The summed E-state index contributed by atoms with van der Waals surface area (Å²) in [6.45, 7) is 2.10. The van der Waals surface area contributed by atoms with Gasteiger partial charge in [-0.1, -0.05) is 19.1 Å². The van der Waals surface area contributed by atoms with E-state index in [-0.39, 0.29) is 0 Å². The molecule has 0 unspecified atom stereocenters. The minimum absolute atomic E-state index is 0.402. The van der Waals surface area contributed by atoms with Crippen molar-refractivity contribution in [2.75, 3.05) is 5.73 Å². The zero-order chi connectivity index (χ0) is 10.2. The van der Waals surface area contributed by atoms with Crippen LogP contribution in [0.25, 0.3) is 0 Å². The number of benzene rings is 1. The minimum atomic E-state index is -0.402. The Kier molecular flexibility index (Phi) is 2.23. The smallest absolute Gasteiger partial charge is 0.0690 e.